The first-order chi connectivity index (χ1) is 14.5. The van der Waals surface area contributed by atoms with Crippen LogP contribution in [0.1, 0.15) is 36.6 Å². The zero-order chi connectivity index (χ0) is 23.2. The lowest BCUT2D eigenvalue weighted by atomic mass is 9.78. The number of amides is 1. The number of ether oxygens (including phenoxy) is 2. The molecule has 11 heteroatoms. The second-order valence-corrected chi connectivity index (χ2v) is 7.53. The first-order valence-corrected chi connectivity index (χ1v) is 9.91. The van der Waals surface area contributed by atoms with Gasteiger partial charge in [0.15, 0.2) is 0 Å². The summed E-state index contributed by atoms with van der Waals surface area (Å²) in [6.07, 6.45) is -4.66. The highest BCUT2D eigenvalue weighted by molar-refractivity contribution is 7.80. The van der Waals surface area contributed by atoms with Gasteiger partial charge in [0.05, 0.1) is 14.2 Å². The SMILES string of the molecule is COC(=O)C(C[C@@]1(C(=O)OC)CCC/C1=N\C(S)c1ccccc1)NC(=O)C(F)(F)F. The molecule has 0 aliphatic heterocycles. The summed E-state index contributed by atoms with van der Waals surface area (Å²) in [6, 6.07) is 7.25. The molecule has 1 aliphatic carbocycles. The molecule has 1 saturated carbocycles. The molecule has 2 unspecified atom stereocenters. The Morgan fingerprint density at radius 3 is 2.39 bits per heavy atom. The summed E-state index contributed by atoms with van der Waals surface area (Å²) in [5, 5.41) is 0.984. The topological polar surface area (TPSA) is 94.1 Å². The Labute approximate surface area is 182 Å². The first-order valence-electron chi connectivity index (χ1n) is 9.39. The van der Waals surface area contributed by atoms with Crippen molar-refractivity contribution < 1.29 is 37.0 Å². The number of nitrogens with zero attached hydrogens (tertiary/aromatic N) is 1. The van der Waals surface area contributed by atoms with Gasteiger partial charge in [0.1, 0.15) is 16.8 Å². The summed E-state index contributed by atoms with van der Waals surface area (Å²) in [4.78, 5) is 40.9. The van der Waals surface area contributed by atoms with E-state index in [0.29, 0.717) is 18.6 Å². The maximum Gasteiger partial charge on any atom is 0.471 e. The molecule has 1 fully saturated rings. The van der Waals surface area contributed by atoms with Crippen LogP contribution >= 0.6 is 12.6 Å². The number of hydrogen-bond donors (Lipinski definition) is 2. The van der Waals surface area contributed by atoms with Crippen molar-refractivity contribution >= 4 is 36.2 Å². The van der Waals surface area contributed by atoms with Crippen LogP contribution in [-0.2, 0) is 23.9 Å². The largest absolute Gasteiger partial charge is 0.471 e. The van der Waals surface area contributed by atoms with Gasteiger partial charge in [-0.3, -0.25) is 14.6 Å². The molecule has 1 amide bonds. The lowest BCUT2D eigenvalue weighted by Crippen LogP contribution is -2.52. The molecule has 170 valence electrons. The predicted molar refractivity (Wildman–Crippen MR) is 109 cm³/mol. The van der Waals surface area contributed by atoms with E-state index in [1.165, 1.54) is 0 Å². The fourth-order valence-corrected chi connectivity index (χ4v) is 3.93. The van der Waals surface area contributed by atoms with Gasteiger partial charge in [-0.15, -0.1) is 12.6 Å². The van der Waals surface area contributed by atoms with Crippen LogP contribution in [0.15, 0.2) is 35.3 Å². The number of hydrogen-bond acceptors (Lipinski definition) is 7. The Morgan fingerprint density at radius 1 is 1.19 bits per heavy atom. The van der Waals surface area contributed by atoms with E-state index in [9.17, 15) is 27.6 Å². The van der Waals surface area contributed by atoms with Gasteiger partial charge < -0.3 is 14.8 Å². The molecule has 0 bridgehead atoms. The van der Waals surface area contributed by atoms with E-state index in [4.69, 9.17) is 4.74 Å². The second-order valence-electron chi connectivity index (χ2n) is 7.04. The average molecular weight is 460 g/mol. The number of alkyl halides is 3. The van der Waals surface area contributed by atoms with Crippen molar-refractivity contribution in [3.05, 3.63) is 35.9 Å². The standard InChI is InChI=1S/C20H23F3N2O5S/c1-29-16(26)13(24-17(27)20(21,22)23)11-19(18(28)30-2)10-6-9-14(19)25-15(31)12-7-4-3-5-8-12/h3-5,7-8,13,15,31H,6,9-11H2,1-2H3,(H,24,27)/b25-14+/t13?,15?,19-/m0/s1. The van der Waals surface area contributed by atoms with Gasteiger partial charge in [-0.05, 0) is 31.2 Å². The fourth-order valence-electron chi connectivity index (χ4n) is 3.62. The zero-order valence-corrected chi connectivity index (χ0v) is 17.8. The molecule has 7 nitrogen and oxygen atoms in total. The third-order valence-electron chi connectivity index (χ3n) is 5.12. The van der Waals surface area contributed by atoms with Gasteiger partial charge in [-0.25, -0.2) is 4.79 Å². The zero-order valence-electron chi connectivity index (χ0n) is 16.9. The van der Waals surface area contributed by atoms with E-state index in [0.717, 1.165) is 19.8 Å². The van der Waals surface area contributed by atoms with Gasteiger partial charge in [-0.1, -0.05) is 30.3 Å². The van der Waals surface area contributed by atoms with Crippen molar-refractivity contribution in [1.29, 1.82) is 0 Å². The highest BCUT2D eigenvalue weighted by Gasteiger charge is 2.52. The van der Waals surface area contributed by atoms with Crippen LogP contribution in [0.3, 0.4) is 0 Å². The Kier molecular flexibility index (Phi) is 8.10. The van der Waals surface area contributed by atoms with Crippen LogP contribution in [0.2, 0.25) is 0 Å². The first kappa shape index (κ1) is 24.7. The van der Waals surface area contributed by atoms with Crippen molar-refractivity contribution in [3.8, 4) is 0 Å². The van der Waals surface area contributed by atoms with Crippen molar-refractivity contribution in [1.82, 2.24) is 5.32 Å². The molecule has 0 saturated heterocycles. The van der Waals surface area contributed by atoms with Gasteiger partial charge in [0.25, 0.3) is 0 Å². The van der Waals surface area contributed by atoms with Crippen LogP contribution < -0.4 is 5.32 Å². The van der Waals surface area contributed by atoms with Crippen LogP contribution in [0.25, 0.3) is 0 Å². The average Bonchev–Trinajstić information content (AvgIpc) is 3.14. The quantitative estimate of drug-likeness (QED) is 0.482. The molecule has 1 aromatic rings. The molecule has 0 radical (unpaired) electrons. The lowest BCUT2D eigenvalue weighted by Gasteiger charge is -2.31. The Morgan fingerprint density at radius 2 is 1.84 bits per heavy atom. The summed E-state index contributed by atoms with van der Waals surface area (Å²) in [6.45, 7) is 0. The van der Waals surface area contributed by atoms with Gasteiger partial charge >= 0.3 is 24.0 Å². The van der Waals surface area contributed by atoms with Crippen molar-refractivity contribution in [2.45, 2.75) is 43.3 Å². The molecule has 0 heterocycles. The maximum absolute atomic E-state index is 12.8. The van der Waals surface area contributed by atoms with Crippen molar-refractivity contribution in [2.24, 2.45) is 10.4 Å². The normalized spacial score (nSPS) is 21.9. The molecular weight excluding hydrogens is 437 g/mol. The molecule has 2 rings (SSSR count). The number of thiol groups is 1. The minimum absolute atomic E-state index is 0.184. The Hall–Kier alpha value is -2.56. The summed E-state index contributed by atoms with van der Waals surface area (Å²) < 4.78 is 47.7. The number of methoxy groups -OCH3 is 2. The van der Waals surface area contributed by atoms with E-state index >= 15 is 0 Å². The number of benzene rings is 1. The monoisotopic (exact) mass is 460 g/mol. The molecular formula is C20H23F3N2O5S. The number of aliphatic imine (C=N–C) groups is 1. The third-order valence-corrected chi connectivity index (χ3v) is 5.54. The Balaban J connectivity index is 2.43. The number of nitrogens with one attached hydrogen (secondary N) is 1. The predicted octanol–water partition coefficient (Wildman–Crippen LogP) is 3.01. The molecule has 3 atom stereocenters. The number of esters is 2. The summed E-state index contributed by atoms with van der Waals surface area (Å²) in [7, 11) is 2.11. The number of rotatable bonds is 7. The summed E-state index contributed by atoms with van der Waals surface area (Å²) in [5.74, 6) is -4.18. The highest BCUT2D eigenvalue weighted by Crippen LogP contribution is 2.43. The van der Waals surface area contributed by atoms with Crippen molar-refractivity contribution in [2.75, 3.05) is 14.2 Å². The van der Waals surface area contributed by atoms with Crippen molar-refractivity contribution in [3.63, 3.8) is 0 Å². The van der Waals surface area contributed by atoms with Gasteiger partial charge in [0.2, 0.25) is 0 Å². The summed E-state index contributed by atoms with van der Waals surface area (Å²) in [5.41, 5.74) is -0.403. The molecule has 0 spiro atoms. The van der Waals surface area contributed by atoms with Crippen LogP contribution in [0.4, 0.5) is 13.2 Å². The molecule has 1 aromatic carbocycles. The highest BCUT2D eigenvalue weighted by atomic mass is 32.1. The number of carbonyl (C=O) groups is 3. The third kappa shape index (κ3) is 5.78. The molecule has 0 aromatic heterocycles. The van der Waals surface area contributed by atoms with E-state index < -0.39 is 47.3 Å². The second kappa shape index (κ2) is 10.2. The van der Waals surface area contributed by atoms with Gasteiger partial charge in [-0.2, -0.15) is 13.2 Å². The van der Waals surface area contributed by atoms with Crippen LogP contribution in [0, 0.1) is 5.41 Å². The van der Waals surface area contributed by atoms with Crippen LogP contribution in [0.5, 0.6) is 0 Å². The Bertz CT molecular complexity index is 847. The van der Waals surface area contributed by atoms with E-state index in [1.807, 2.05) is 6.07 Å². The van der Waals surface area contributed by atoms with Crippen LogP contribution in [-0.4, -0.2) is 50.0 Å². The van der Waals surface area contributed by atoms with E-state index in [2.05, 4.69) is 22.4 Å². The molecule has 31 heavy (non-hydrogen) atoms. The molecule has 1 aliphatic rings. The summed E-state index contributed by atoms with van der Waals surface area (Å²) >= 11 is 4.46. The number of halogens is 3. The number of carbonyl (C=O) groups excluding carboxylic acids is 3. The van der Waals surface area contributed by atoms with Gasteiger partial charge in [0, 0.05) is 5.71 Å². The minimum atomic E-state index is -5.21. The fraction of sp³-hybridized carbons (Fsp3) is 0.500. The van der Waals surface area contributed by atoms with E-state index in [-0.39, 0.29) is 6.42 Å². The minimum Gasteiger partial charge on any atom is -0.468 e. The van der Waals surface area contributed by atoms with E-state index in [1.54, 1.807) is 29.6 Å². The molecule has 1 N–H and O–H groups in total. The maximum atomic E-state index is 12.8. The smallest absolute Gasteiger partial charge is 0.468 e. The lowest BCUT2D eigenvalue weighted by molar-refractivity contribution is -0.176.